The number of pyridine rings is 1. The van der Waals surface area contributed by atoms with Crippen LogP contribution in [0.5, 0.6) is 0 Å². The lowest BCUT2D eigenvalue weighted by atomic mass is 10.1. The van der Waals surface area contributed by atoms with Crippen LogP contribution in [0.1, 0.15) is 16.8 Å². The summed E-state index contributed by atoms with van der Waals surface area (Å²) in [6.07, 6.45) is 1.20. The predicted octanol–water partition coefficient (Wildman–Crippen LogP) is 3.27. The largest absolute Gasteiger partial charge is 0.394 e. The molecule has 7 nitrogen and oxygen atoms in total. The smallest absolute Gasteiger partial charge is 0.175 e. The Kier molecular flexibility index (Phi) is 5.05. The normalized spacial score (nSPS) is 12.1. The molecule has 0 fully saturated rings. The number of aryl methyl sites for hydroxylation is 2. The van der Waals surface area contributed by atoms with Gasteiger partial charge in [0.2, 0.25) is 0 Å². The standard InChI is InChI=1S/C20H22N4O3S2/c1-12-10-13(2)22-20-16(12)17-18(28-20)19(23-24(17)8-9-25)21-11-14-4-6-15(7-5-14)29(3,26)27/h4-7,10,25H,8-9,11H2,1-3H3,(H,21,23). The lowest BCUT2D eigenvalue weighted by Crippen LogP contribution is -2.06. The molecule has 152 valence electrons. The molecule has 0 amide bonds. The molecule has 0 aliphatic rings. The molecule has 0 saturated carbocycles. The maximum Gasteiger partial charge on any atom is 0.175 e. The summed E-state index contributed by atoms with van der Waals surface area (Å²) in [4.78, 5) is 5.93. The minimum absolute atomic E-state index is 0.00114. The molecule has 0 atom stereocenters. The van der Waals surface area contributed by atoms with Crippen molar-refractivity contribution in [1.82, 2.24) is 14.8 Å². The minimum Gasteiger partial charge on any atom is -0.394 e. The summed E-state index contributed by atoms with van der Waals surface area (Å²) >= 11 is 1.59. The maximum atomic E-state index is 11.6. The van der Waals surface area contributed by atoms with Crippen molar-refractivity contribution in [2.24, 2.45) is 0 Å². The van der Waals surface area contributed by atoms with Crippen LogP contribution in [0, 0.1) is 13.8 Å². The Hall–Kier alpha value is -2.49. The molecule has 1 aromatic carbocycles. The van der Waals surface area contributed by atoms with Gasteiger partial charge in [0, 0.05) is 23.9 Å². The van der Waals surface area contributed by atoms with Crippen LogP contribution in [0.15, 0.2) is 35.2 Å². The third kappa shape index (κ3) is 3.73. The van der Waals surface area contributed by atoms with E-state index in [1.165, 1.54) is 6.26 Å². The molecule has 0 aliphatic heterocycles. The lowest BCUT2D eigenvalue weighted by molar-refractivity contribution is 0.272. The second-order valence-electron chi connectivity index (χ2n) is 7.11. The SMILES string of the molecule is Cc1cc(C)c2c(n1)sc1c(NCc3ccc(S(C)(=O)=O)cc3)nn(CCO)c12. The molecule has 0 bridgehead atoms. The van der Waals surface area contributed by atoms with E-state index < -0.39 is 9.84 Å². The second-order valence-corrected chi connectivity index (χ2v) is 10.1. The molecule has 4 aromatic rings. The van der Waals surface area contributed by atoms with Gasteiger partial charge in [-0.15, -0.1) is 11.3 Å². The fraction of sp³-hybridized carbons (Fsp3) is 0.300. The Labute approximate surface area is 172 Å². The number of fused-ring (bicyclic) bond motifs is 3. The third-order valence-corrected chi connectivity index (χ3v) is 6.99. The van der Waals surface area contributed by atoms with E-state index in [0.29, 0.717) is 18.0 Å². The molecule has 4 rings (SSSR count). The summed E-state index contributed by atoms with van der Waals surface area (Å²) in [7, 11) is -3.21. The highest BCUT2D eigenvalue weighted by atomic mass is 32.2. The van der Waals surface area contributed by atoms with Crippen LogP contribution >= 0.6 is 11.3 Å². The molecule has 9 heteroatoms. The van der Waals surface area contributed by atoms with Crippen LogP contribution < -0.4 is 5.32 Å². The molecule has 0 radical (unpaired) electrons. The molecule has 0 spiro atoms. The number of aromatic nitrogens is 3. The fourth-order valence-corrected chi connectivity index (χ4v) is 5.35. The Balaban J connectivity index is 1.71. The van der Waals surface area contributed by atoms with Gasteiger partial charge in [-0.1, -0.05) is 12.1 Å². The molecular weight excluding hydrogens is 408 g/mol. The van der Waals surface area contributed by atoms with Crippen LogP contribution in [0.4, 0.5) is 5.82 Å². The molecule has 0 saturated heterocycles. The van der Waals surface area contributed by atoms with E-state index in [2.05, 4.69) is 28.4 Å². The molecule has 0 aliphatic carbocycles. The monoisotopic (exact) mass is 430 g/mol. The summed E-state index contributed by atoms with van der Waals surface area (Å²) in [6.45, 7) is 4.96. The zero-order valence-electron chi connectivity index (χ0n) is 16.4. The Morgan fingerprint density at radius 1 is 1.21 bits per heavy atom. The summed E-state index contributed by atoms with van der Waals surface area (Å²) in [5, 5.41) is 18.6. The van der Waals surface area contributed by atoms with Crippen LogP contribution in [0.3, 0.4) is 0 Å². The van der Waals surface area contributed by atoms with Crippen molar-refractivity contribution in [3.05, 3.63) is 47.2 Å². The summed E-state index contributed by atoms with van der Waals surface area (Å²) in [5.41, 5.74) is 4.05. The minimum atomic E-state index is -3.21. The highest BCUT2D eigenvalue weighted by molar-refractivity contribution is 7.90. The topological polar surface area (TPSA) is 97.1 Å². The third-order valence-electron chi connectivity index (χ3n) is 4.78. The van der Waals surface area contributed by atoms with Gasteiger partial charge >= 0.3 is 0 Å². The van der Waals surface area contributed by atoms with Crippen molar-refractivity contribution >= 4 is 47.4 Å². The first kappa shape index (κ1) is 19.8. The Bertz CT molecular complexity index is 1310. The van der Waals surface area contributed by atoms with Crippen molar-refractivity contribution in [3.8, 4) is 0 Å². The van der Waals surface area contributed by atoms with Gasteiger partial charge in [0.25, 0.3) is 0 Å². The second kappa shape index (κ2) is 7.40. The zero-order chi connectivity index (χ0) is 20.8. The van der Waals surface area contributed by atoms with Gasteiger partial charge in [0.15, 0.2) is 15.7 Å². The quantitative estimate of drug-likeness (QED) is 0.487. The number of sulfone groups is 1. The lowest BCUT2D eigenvalue weighted by Gasteiger charge is -2.05. The van der Waals surface area contributed by atoms with Gasteiger partial charge in [0.05, 0.1) is 28.3 Å². The van der Waals surface area contributed by atoms with Gasteiger partial charge < -0.3 is 10.4 Å². The van der Waals surface area contributed by atoms with Crippen LogP contribution in [0.2, 0.25) is 0 Å². The van der Waals surface area contributed by atoms with Gasteiger partial charge in [-0.25, -0.2) is 13.4 Å². The van der Waals surface area contributed by atoms with E-state index in [1.807, 2.05) is 11.6 Å². The highest BCUT2D eigenvalue weighted by Gasteiger charge is 2.19. The number of aliphatic hydroxyl groups excluding tert-OH is 1. The van der Waals surface area contributed by atoms with E-state index in [4.69, 9.17) is 0 Å². The van der Waals surface area contributed by atoms with Crippen molar-refractivity contribution in [3.63, 3.8) is 0 Å². The van der Waals surface area contributed by atoms with Gasteiger partial charge in [-0.3, -0.25) is 4.68 Å². The number of thiophene rings is 1. The average Bonchev–Trinajstić information content (AvgIpc) is 3.17. The van der Waals surface area contributed by atoms with E-state index >= 15 is 0 Å². The summed E-state index contributed by atoms with van der Waals surface area (Å²) < 4.78 is 26.1. The predicted molar refractivity (Wildman–Crippen MR) is 116 cm³/mol. The molecule has 3 aromatic heterocycles. The molecule has 2 N–H and O–H groups in total. The number of anilines is 1. The van der Waals surface area contributed by atoms with E-state index in [-0.39, 0.29) is 6.61 Å². The van der Waals surface area contributed by atoms with Gasteiger partial charge in [0.1, 0.15) is 4.83 Å². The number of benzene rings is 1. The zero-order valence-corrected chi connectivity index (χ0v) is 18.1. The first-order valence-electron chi connectivity index (χ1n) is 9.19. The maximum absolute atomic E-state index is 11.6. The number of hydrogen-bond donors (Lipinski definition) is 2. The number of rotatable bonds is 6. The average molecular weight is 431 g/mol. The van der Waals surface area contributed by atoms with E-state index in [9.17, 15) is 13.5 Å². The number of nitrogens with one attached hydrogen (secondary N) is 1. The van der Waals surface area contributed by atoms with Crippen molar-refractivity contribution < 1.29 is 13.5 Å². The van der Waals surface area contributed by atoms with Gasteiger partial charge in [-0.05, 0) is 43.2 Å². The number of hydrogen-bond acceptors (Lipinski definition) is 7. The fourth-order valence-electron chi connectivity index (χ4n) is 3.46. The number of nitrogens with zero attached hydrogens (tertiary/aromatic N) is 3. The van der Waals surface area contributed by atoms with E-state index in [1.54, 1.807) is 35.6 Å². The van der Waals surface area contributed by atoms with Crippen molar-refractivity contribution in [1.29, 1.82) is 0 Å². The molecule has 3 heterocycles. The Morgan fingerprint density at radius 2 is 1.93 bits per heavy atom. The molecular formula is C20H22N4O3S2. The highest BCUT2D eigenvalue weighted by Crippen LogP contribution is 2.39. The van der Waals surface area contributed by atoms with E-state index in [0.717, 1.165) is 43.1 Å². The number of aliphatic hydroxyl groups is 1. The first-order valence-corrected chi connectivity index (χ1v) is 11.9. The van der Waals surface area contributed by atoms with Gasteiger partial charge in [-0.2, -0.15) is 5.10 Å². The molecule has 29 heavy (non-hydrogen) atoms. The van der Waals surface area contributed by atoms with Crippen LogP contribution in [0.25, 0.3) is 20.4 Å². The van der Waals surface area contributed by atoms with Crippen LogP contribution in [-0.2, 0) is 22.9 Å². The Morgan fingerprint density at radius 3 is 2.59 bits per heavy atom. The van der Waals surface area contributed by atoms with Crippen molar-refractivity contribution in [2.75, 3.05) is 18.2 Å². The van der Waals surface area contributed by atoms with Crippen LogP contribution in [-0.4, -0.2) is 41.2 Å². The summed E-state index contributed by atoms with van der Waals surface area (Å²) in [6, 6.07) is 8.88. The molecule has 0 unspecified atom stereocenters. The summed E-state index contributed by atoms with van der Waals surface area (Å²) in [5.74, 6) is 0.737. The van der Waals surface area contributed by atoms with Crippen molar-refractivity contribution in [2.45, 2.75) is 31.8 Å². The first-order chi connectivity index (χ1) is 13.8.